The fourth-order valence-corrected chi connectivity index (χ4v) is 2.86. The fourth-order valence-electron chi connectivity index (χ4n) is 1.70. The summed E-state index contributed by atoms with van der Waals surface area (Å²) in [4.78, 5) is 1.18. The maximum Gasteiger partial charge on any atom is 0.104 e. The Bertz CT molecular complexity index is 375. The number of likely N-dealkylation sites (N-methyl/N-ethyl adjacent to an activating group) is 1. The molecule has 1 aromatic heterocycles. The predicted octanol–water partition coefficient (Wildman–Crippen LogP) is 1.89. The summed E-state index contributed by atoms with van der Waals surface area (Å²) in [6.45, 7) is 1.03. The molecule has 0 amide bonds. The minimum atomic E-state index is -2.09. The van der Waals surface area contributed by atoms with Crippen LogP contribution in [0.5, 0.6) is 0 Å². The summed E-state index contributed by atoms with van der Waals surface area (Å²) in [5, 5.41) is 4.64. The highest BCUT2D eigenvalue weighted by molar-refractivity contribution is 7.10. The van der Waals surface area contributed by atoms with Gasteiger partial charge in [0.1, 0.15) is 6.10 Å². The van der Waals surface area contributed by atoms with E-state index in [1.807, 2.05) is 0 Å². The van der Waals surface area contributed by atoms with Crippen molar-refractivity contribution in [2.75, 3.05) is 20.1 Å². The van der Waals surface area contributed by atoms with Gasteiger partial charge in [0.05, 0.1) is 6.61 Å². The van der Waals surface area contributed by atoms with Crippen LogP contribution < -0.4 is 5.32 Å². The third kappa shape index (κ3) is 1.64. The van der Waals surface area contributed by atoms with Crippen LogP contribution >= 0.6 is 11.3 Å². The van der Waals surface area contributed by atoms with Crippen LogP contribution in [0.3, 0.4) is 0 Å². The number of thiophene rings is 1. The van der Waals surface area contributed by atoms with Gasteiger partial charge in [0.2, 0.25) is 0 Å². The molecule has 3 heteroatoms. The summed E-state index contributed by atoms with van der Waals surface area (Å²) >= 11 is 1.66. The molecule has 13 heavy (non-hydrogen) atoms. The second-order valence-corrected chi connectivity index (χ2v) is 4.16. The van der Waals surface area contributed by atoms with Gasteiger partial charge in [-0.3, -0.25) is 0 Å². The van der Waals surface area contributed by atoms with Crippen LogP contribution in [0.2, 0.25) is 0 Å². The normalized spacial score (nSPS) is 25.9. The minimum Gasteiger partial charge on any atom is -0.371 e. The lowest BCUT2D eigenvalue weighted by Gasteiger charge is -2.23. The van der Waals surface area contributed by atoms with Gasteiger partial charge in [-0.25, -0.2) is 0 Å². The molecule has 1 atom stereocenters. The Labute approximate surface area is 87.1 Å². The van der Waals surface area contributed by atoms with E-state index < -0.39 is 6.98 Å². The minimum absolute atomic E-state index is 0.108. The Kier molecular flexibility index (Phi) is 1.79. The van der Waals surface area contributed by atoms with Gasteiger partial charge in [-0.15, -0.1) is 11.3 Å². The van der Waals surface area contributed by atoms with Crippen molar-refractivity contribution in [3.05, 3.63) is 21.4 Å². The summed E-state index contributed by atoms with van der Waals surface area (Å²) in [6, 6.07) is 0. The molecule has 2 nitrogen and oxygen atoms in total. The first kappa shape index (κ1) is 6.17. The molecule has 0 aromatic carbocycles. The Morgan fingerprint density at radius 2 is 2.77 bits per heavy atom. The van der Waals surface area contributed by atoms with Crippen molar-refractivity contribution in [2.45, 2.75) is 19.4 Å². The van der Waals surface area contributed by atoms with E-state index in [0.29, 0.717) is 13.2 Å². The van der Waals surface area contributed by atoms with Gasteiger partial charge < -0.3 is 10.1 Å². The second-order valence-electron chi connectivity index (χ2n) is 3.25. The van der Waals surface area contributed by atoms with Gasteiger partial charge in [-0.2, -0.15) is 0 Å². The molecular formula is C10H15NOS. The lowest BCUT2D eigenvalue weighted by Crippen LogP contribution is -2.24. The van der Waals surface area contributed by atoms with Crippen molar-refractivity contribution in [1.29, 1.82) is 0 Å². The topological polar surface area (TPSA) is 21.3 Å². The van der Waals surface area contributed by atoms with E-state index in [2.05, 4.69) is 17.6 Å². The maximum atomic E-state index is 7.11. The zero-order valence-electron chi connectivity index (χ0n) is 10.6. The summed E-state index contributed by atoms with van der Waals surface area (Å²) in [6.07, 6.45) is 0.831. The van der Waals surface area contributed by atoms with E-state index in [-0.39, 0.29) is 6.10 Å². The van der Waals surface area contributed by atoms with E-state index in [9.17, 15) is 0 Å². The molecule has 2 heterocycles. The number of rotatable bonds is 2. The summed E-state index contributed by atoms with van der Waals surface area (Å²) in [5.74, 6) is 0. The van der Waals surface area contributed by atoms with Crippen molar-refractivity contribution in [3.8, 4) is 0 Å². The number of aryl methyl sites for hydroxylation is 1. The number of fused-ring (bicyclic) bond motifs is 1. The van der Waals surface area contributed by atoms with Crippen LogP contribution in [0.25, 0.3) is 0 Å². The zero-order chi connectivity index (χ0) is 11.8. The van der Waals surface area contributed by atoms with E-state index in [4.69, 9.17) is 8.85 Å². The van der Waals surface area contributed by atoms with Crippen molar-refractivity contribution in [2.24, 2.45) is 0 Å². The molecule has 0 radical (unpaired) electrons. The van der Waals surface area contributed by atoms with Gasteiger partial charge in [0, 0.05) is 15.5 Å². The first-order valence-corrected chi connectivity index (χ1v) is 5.29. The Morgan fingerprint density at radius 3 is 3.62 bits per heavy atom. The number of hydrogen-bond donors (Lipinski definition) is 1. The van der Waals surface area contributed by atoms with Crippen molar-refractivity contribution in [1.82, 2.24) is 5.32 Å². The molecule has 0 fully saturated rings. The van der Waals surface area contributed by atoms with Gasteiger partial charge in [-0.1, -0.05) is 0 Å². The van der Waals surface area contributed by atoms with Gasteiger partial charge in [-0.05, 0) is 36.8 Å². The first-order chi connectivity index (χ1) is 7.47. The number of nitrogens with one attached hydrogen (secondary N) is 1. The molecule has 72 valence electrons. The maximum absolute atomic E-state index is 7.11. The Hall–Kier alpha value is -0.380. The third-order valence-electron chi connectivity index (χ3n) is 2.39. The summed E-state index contributed by atoms with van der Waals surface area (Å²) in [7, 11) is 0. The van der Waals surface area contributed by atoms with Crippen molar-refractivity contribution < 1.29 is 8.85 Å². The SMILES string of the molecule is [2H]C([2H])([2H])NC[C@H]1OCCc2c(C)csc21. The largest absolute Gasteiger partial charge is 0.371 e. The highest BCUT2D eigenvalue weighted by Gasteiger charge is 2.22. The van der Waals surface area contributed by atoms with Crippen LogP contribution in [0.4, 0.5) is 0 Å². The molecule has 0 saturated heterocycles. The van der Waals surface area contributed by atoms with Crippen molar-refractivity contribution >= 4 is 11.3 Å². The average Bonchev–Trinajstić information content (AvgIpc) is 2.57. The average molecular weight is 200 g/mol. The molecule has 0 bridgehead atoms. The second kappa shape index (κ2) is 3.78. The quantitative estimate of drug-likeness (QED) is 0.787. The van der Waals surface area contributed by atoms with E-state index >= 15 is 0 Å². The zero-order valence-corrected chi connectivity index (χ0v) is 8.41. The highest BCUT2D eigenvalue weighted by atomic mass is 32.1. The van der Waals surface area contributed by atoms with Crippen LogP contribution in [0.1, 0.15) is 26.2 Å². The molecule has 1 aliphatic rings. The molecular weight excluding hydrogens is 182 g/mol. The van der Waals surface area contributed by atoms with Crippen LogP contribution in [-0.4, -0.2) is 20.1 Å². The van der Waals surface area contributed by atoms with Gasteiger partial charge in [0.15, 0.2) is 0 Å². The molecule has 0 aliphatic carbocycles. The molecule has 2 rings (SSSR count). The Morgan fingerprint density at radius 1 is 1.85 bits per heavy atom. The van der Waals surface area contributed by atoms with Gasteiger partial charge >= 0.3 is 0 Å². The van der Waals surface area contributed by atoms with E-state index in [1.165, 1.54) is 16.0 Å². The molecule has 1 N–H and O–H groups in total. The fraction of sp³-hybridized carbons (Fsp3) is 0.600. The van der Waals surface area contributed by atoms with Crippen LogP contribution in [-0.2, 0) is 11.2 Å². The lowest BCUT2D eigenvalue weighted by molar-refractivity contribution is 0.0467. The predicted molar refractivity (Wildman–Crippen MR) is 55.4 cm³/mol. The lowest BCUT2D eigenvalue weighted by atomic mass is 10.0. The monoisotopic (exact) mass is 200 g/mol. The number of ether oxygens (including phenoxy) is 1. The number of hydrogen-bond acceptors (Lipinski definition) is 3. The van der Waals surface area contributed by atoms with Crippen LogP contribution in [0, 0.1) is 6.92 Å². The highest BCUT2D eigenvalue weighted by Crippen LogP contribution is 2.33. The molecule has 0 unspecified atom stereocenters. The third-order valence-corrected chi connectivity index (χ3v) is 3.62. The van der Waals surface area contributed by atoms with E-state index in [0.717, 1.165) is 6.42 Å². The smallest absolute Gasteiger partial charge is 0.104 e. The standard InChI is InChI=1S/C10H15NOS/c1-7-6-13-10-8(7)3-4-12-9(10)5-11-2/h6,9,11H,3-5H2,1-2H3/t9-/m1/s1/i2D3. The van der Waals surface area contributed by atoms with Crippen LogP contribution in [0.15, 0.2) is 5.38 Å². The summed E-state index contributed by atoms with van der Waals surface area (Å²) < 4.78 is 26.9. The van der Waals surface area contributed by atoms with Crippen molar-refractivity contribution in [3.63, 3.8) is 0 Å². The first-order valence-electron chi connectivity index (χ1n) is 5.91. The molecule has 0 spiro atoms. The Balaban J connectivity index is 2.08. The molecule has 1 aromatic rings. The van der Waals surface area contributed by atoms with E-state index in [1.54, 1.807) is 11.3 Å². The molecule has 1 aliphatic heterocycles. The molecule has 0 saturated carbocycles. The van der Waals surface area contributed by atoms with Gasteiger partial charge in [0.25, 0.3) is 0 Å². The summed E-state index contributed by atoms with van der Waals surface area (Å²) in [5.41, 5.74) is 2.63.